The van der Waals surface area contributed by atoms with Gasteiger partial charge < -0.3 is 19.7 Å². The Hall–Kier alpha value is -4.77. The summed E-state index contributed by atoms with van der Waals surface area (Å²) < 4.78 is 12.5. The molecule has 5 aromatic rings. The monoisotopic (exact) mass is 672 g/mol. The normalized spacial score (nSPS) is 12.1. The summed E-state index contributed by atoms with van der Waals surface area (Å²) in [6, 6.07) is 13.9. The smallest absolute Gasteiger partial charge is 0.260 e. The van der Waals surface area contributed by atoms with Gasteiger partial charge in [0.15, 0.2) is 5.78 Å². The first-order chi connectivity index (χ1) is 22.6. The van der Waals surface area contributed by atoms with E-state index in [2.05, 4.69) is 15.3 Å². The molecule has 0 saturated heterocycles. The lowest BCUT2D eigenvalue weighted by Crippen LogP contribution is -2.27. The van der Waals surface area contributed by atoms with Crippen LogP contribution in [0.15, 0.2) is 84.1 Å². The summed E-state index contributed by atoms with van der Waals surface area (Å²) in [4.78, 5) is 42.7. The standard InChI is InChI=1S/C35H34Cl2N6O4/c1-21(23-10-6-9-22(15-23)16-26(44)12-8-14-42(2)3)43-33-24(19-39-35(41-33)40-25-11-7-13-38-20-25)17-27(34(43)45)30-31(36)28(46-4)18-29(47-5)32(30)37/h6-13,15,17-21H,14,16H2,1-5H3,(H,39,40,41)/b12-8+. The minimum Gasteiger partial charge on any atom is -0.495 e. The summed E-state index contributed by atoms with van der Waals surface area (Å²) in [7, 11) is 6.82. The number of ketones is 1. The zero-order chi connectivity index (χ0) is 33.7. The van der Waals surface area contributed by atoms with Gasteiger partial charge in [0.1, 0.15) is 17.1 Å². The van der Waals surface area contributed by atoms with E-state index in [1.165, 1.54) is 14.2 Å². The second-order valence-electron chi connectivity index (χ2n) is 11.1. The number of carbonyl (C=O) groups is 1. The number of carbonyl (C=O) groups excluding carboxylic acids is 1. The van der Waals surface area contributed by atoms with Crippen molar-refractivity contribution in [2.75, 3.05) is 40.2 Å². The number of nitrogens with one attached hydrogen (secondary N) is 1. The van der Waals surface area contributed by atoms with E-state index >= 15 is 0 Å². The van der Waals surface area contributed by atoms with Crippen molar-refractivity contribution in [1.29, 1.82) is 0 Å². The Balaban J connectivity index is 1.68. The molecular weight excluding hydrogens is 639 g/mol. The molecular formula is C35H34Cl2N6O4. The maximum Gasteiger partial charge on any atom is 0.260 e. The number of rotatable bonds is 12. The minimum absolute atomic E-state index is 0.0172. The highest BCUT2D eigenvalue weighted by atomic mass is 35.5. The maximum absolute atomic E-state index is 14.6. The van der Waals surface area contributed by atoms with Crippen molar-refractivity contribution in [3.63, 3.8) is 0 Å². The zero-order valence-corrected chi connectivity index (χ0v) is 28.1. The molecule has 0 spiro atoms. The summed E-state index contributed by atoms with van der Waals surface area (Å²) in [5, 5.41) is 4.03. The summed E-state index contributed by atoms with van der Waals surface area (Å²) in [6.07, 6.45) is 8.60. The first kappa shape index (κ1) is 33.6. The van der Waals surface area contributed by atoms with Crippen LogP contribution >= 0.6 is 23.2 Å². The third-order valence-electron chi connectivity index (χ3n) is 7.51. The second-order valence-corrected chi connectivity index (χ2v) is 11.8. The zero-order valence-electron chi connectivity index (χ0n) is 26.6. The Kier molecular flexibility index (Phi) is 10.6. The van der Waals surface area contributed by atoms with E-state index in [0.29, 0.717) is 34.8 Å². The highest BCUT2D eigenvalue weighted by Crippen LogP contribution is 2.45. The van der Waals surface area contributed by atoms with Gasteiger partial charge in [0.2, 0.25) is 5.95 Å². The van der Waals surface area contributed by atoms with Crippen LogP contribution in [0, 0.1) is 0 Å². The number of methoxy groups -OCH3 is 2. The fourth-order valence-electron chi connectivity index (χ4n) is 5.17. The molecule has 3 aromatic heterocycles. The number of anilines is 2. The van der Waals surface area contributed by atoms with E-state index in [4.69, 9.17) is 37.7 Å². The number of hydrogen-bond acceptors (Lipinski definition) is 9. The number of fused-ring (bicyclic) bond motifs is 1. The third kappa shape index (κ3) is 7.46. The molecule has 0 aliphatic carbocycles. The first-order valence-electron chi connectivity index (χ1n) is 14.7. The van der Waals surface area contributed by atoms with Crippen LogP contribution in [0.2, 0.25) is 10.0 Å². The van der Waals surface area contributed by atoms with Crippen molar-refractivity contribution >= 4 is 51.7 Å². The average Bonchev–Trinajstić information content (AvgIpc) is 3.05. The van der Waals surface area contributed by atoms with Crippen LogP contribution in [0.5, 0.6) is 11.5 Å². The number of allylic oxidation sites excluding steroid dienone is 1. The third-order valence-corrected chi connectivity index (χ3v) is 8.26. The Morgan fingerprint density at radius 3 is 2.45 bits per heavy atom. The molecule has 1 unspecified atom stereocenters. The number of likely N-dealkylation sites (N-methyl/N-ethyl adjacent to an activating group) is 1. The van der Waals surface area contributed by atoms with Gasteiger partial charge in [0.25, 0.3) is 5.56 Å². The van der Waals surface area contributed by atoms with Gasteiger partial charge in [-0.25, -0.2) is 4.98 Å². The number of aromatic nitrogens is 4. The molecule has 0 aliphatic rings. The molecule has 47 heavy (non-hydrogen) atoms. The number of benzene rings is 2. The summed E-state index contributed by atoms with van der Waals surface area (Å²) >= 11 is 13.6. The van der Waals surface area contributed by atoms with Crippen molar-refractivity contribution in [3.8, 4) is 22.6 Å². The molecule has 242 valence electrons. The molecule has 0 amide bonds. The molecule has 3 heterocycles. The summed E-state index contributed by atoms with van der Waals surface area (Å²) in [5.41, 5.74) is 2.76. The van der Waals surface area contributed by atoms with Gasteiger partial charge in [-0.2, -0.15) is 4.98 Å². The highest BCUT2D eigenvalue weighted by molar-refractivity contribution is 6.41. The van der Waals surface area contributed by atoms with Crippen LogP contribution in [0.25, 0.3) is 22.2 Å². The number of pyridine rings is 2. The van der Waals surface area contributed by atoms with Gasteiger partial charge in [-0.1, -0.05) is 53.5 Å². The molecule has 1 N–H and O–H groups in total. The fraction of sp³-hybridized carbons (Fsp3) is 0.229. The number of nitrogens with zero attached hydrogens (tertiary/aromatic N) is 5. The molecule has 10 nitrogen and oxygen atoms in total. The van der Waals surface area contributed by atoms with E-state index in [-0.39, 0.29) is 39.3 Å². The number of halogens is 2. The molecule has 2 aromatic carbocycles. The van der Waals surface area contributed by atoms with Gasteiger partial charge in [-0.15, -0.1) is 0 Å². The Morgan fingerprint density at radius 1 is 1.04 bits per heavy atom. The van der Waals surface area contributed by atoms with Crippen molar-refractivity contribution in [3.05, 3.63) is 111 Å². The molecule has 0 radical (unpaired) electrons. The van der Waals surface area contributed by atoms with E-state index in [9.17, 15) is 9.59 Å². The van der Waals surface area contributed by atoms with Crippen LogP contribution < -0.4 is 20.3 Å². The van der Waals surface area contributed by atoms with Crippen LogP contribution in [-0.2, 0) is 11.2 Å². The predicted molar refractivity (Wildman–Crippen MR) is 187 cm³/mol. The lowest BCUT2D eigenvalue weighted by Gasteiger charge is -2.21. The van der Waals surface area contributed by atoms with E-state index in [1.807, 2.05) is 62.3 Å². The van der Waals surface area contributed by atoms with Crippen LogP contribution in [-0.4, -0.2) is 65.1 Å². The maximum atomic E-state index is 14.6. The van der Waals surface area contributed by atoms with Gasteiger partial charge >= 0.3 is 0 Å². The van der Waals surface area contributed by atoms with Crippen LogP contribution in [0.1, 0.15) is 24.1 Å². The molecule has 1 atom stereocenters. The molecule has 12 heteroatoms. The number of hydrogen-bond donors (Lipinski definition) is 1. The van der Waals surface area contributed by atoms with Crippen molar-refractivity contribution in [1.82, 2.24) is 24.4 Å². The quantitative estimate of drug-likeness (QED) is 0.144. The van der Waals surface area contributed by atoms with Gasteiger partial charge in [0.05, 0.1) is 47.8 Å². The summed E-state index contributed by atoms with van der Waals surface area (Å²) in [6.45, 7) is 2.57. The second kappa shape index (κ2) is 14.8. The van der Waals surface area contributed by atoms with Crippen LogP contribution in [0.4, 0.5) is 11.6 Å². The molecule has 0 bridgehead atoms. The van der Waals surface area contributed by atoms with E-state index < -0.39 is 11.6 Å². The van der Waals surface area contributed by atoms with Crippen molar-refractivity contribution in [2.24, 2.45) is 0 Å². The Labute approximate surface area is 282 Å². The van der Waals surface area contributed by atoms with Gasteiger partial charge in [0, 0.05) is 42.4 Å². The lowest BCUT2D eigenvalue weighted by atomic mass is 10.00. The number of ether oxygens (including phenoxy) is 2. The fourth-order valence-corrected chi connectivity index (χ4v) is 5.88. The van der Waals surface area contributed by atoms with Gasteiger partial charge in [-0.05, 0) is 56.4 Å². The van der Waals surface area contributed by atoms with Crippen molar-refractivity contribution in [2.45, 2.75) is 19.4 Å². The molecule has 5 rings (SSSR count). The lowest BCUT2D eigenvalue weighted by molar-refractivity contribution is -0.114. The highest BCUT2D eigenvalue weighted by Gasteiger charge is 2.25. The van der Waals surface area contributed by atoms with Crippen molar-refractivity contribution < 1.29 is 14.3 Å². The van der Waals surface area contributed by atoms with Crippen LogP contribution in [0.3, 0.4) is 0 Å². The average molecular weight is 674 g/mol. The van der Waals surface area contributed by atoms with E-state index in [1.54, 1.807) is 47.4 Å². The molecule has 0 fully saturated rings. The summed E-state index contributed by atoms with van der Waals surface area (Å²) in [5.74, 6) is 0.857. The Morgan fingerprint density at radius 2 is 1.79 bits per heavy atom. The predicted octanol–water partition coefficient (Wildman–Crippen LogP) is 6.76. The SMILES string of the molecule is COc1cc(OC)c(Cl)c(-c2cc3cnc(Nc4cccnc4)nc3n(C(C)c3cccc(CC(=O)/C=C/CN(C)C)c3)c2=O)c1Cl. The Bertz CT molecular complexity index is 1990. The minimum atomic E-state index is -0.532. The van der Waals surface area contributed by atoms with Gasteiger partial charge in [-0.3, -0.25) is 19.1 Å². The molecule has 0 aliphatic heterocycles. The first-order valence-corrected chi connectivity index (χ1v) is 15.5. The largest absolute Gasteiger partial charge is 0.495 e. The topological polar surface area (TPSA) is 111 Å². The molecule has 0 saturated carbocycles. The van der Waals surface area contributed by atoms with E-state index in [0.717, 1.165) is 11.1 Å².